The standard InChI is InChI=1S/C59H43N3/c1-2-12-44(13-3-1)50-34-37-62-59(41-50)49-24-22-42(23-25-49)20-21-43-38-51(55-16-6-4-14-53(55)45-26-30-47(31-27-45)57-18-8-10-35-60-57)40-52(39-43)56-17-7-5-15-54(56)46-28-32-48(33-29-46)58-19-9-11-36-61-58/h1-19,22-41H,20-21H2. The highest BCUT2D eigenvalue weighted by Crippen LogP contribution is 2.39. The van der Waals surface area contributed by atoms with Gasteiger partial charge in [0.15, 0.2) is 0 Å². The molecule has 0 saturated heterocycles. The molecule has 0 atom stereocenters. The van der Waals surface area contributed by atoms with Crippen LogP contribution in [0.5, 0.6) is 0 Å². The van der Waals surface area contributed by atoms with E-state index in [0.717, 1.165) is 46.6 Å². The minimum atomic E-state index is 0.893. The quantitative estimate of drug-likeness (QED) is 0.131. The lowest BCUT2D eigenvalue weighted by atomic mass is 9.87. The number of pyridine rings is 3. The third kappa shape index (κ3) is 8.38. The molecule has 3 nitrogen and oxygen atoms in total. The van der Waals surface area contributed by atoms with Crippen LogP contribution < -0.4 is 0 Å². The first-order valence-corrected chi connectivity index (χ1v) is 21.2. The summed E-state index contributed by atoms with van der Waals surface area (Å²) in [7, 11) is 0. The molecule has 0 N–H and O–H groups in total. The minimum absolute atomic E-state index is 0.893. The normalized spacial score (nSPS) is 11.0. The zero-order valence-corrected chi connectivity index (χ0v) is 34.3. The molecule has 0 unspecified atom stereocenters. The maximum atomic E-state index is 4.72. The Kier molecular flexibility index (Phi) is 10.9. The Hall–Kier alpha value is -8.01. The Morgan fingerprint density at radius 3 is 1.16 bits per heavy atom. The van der Waals surface area contributed by atoms with Crippen molar-refractivity contribution in [3.8, 4) is 89.4 Å². The molecule has 0 aliphatic heterocycles. The van der Waals surface area contributed by atoms with Gasteiger partial charge in [-0.15, -0.1) is 0 Å². The Balaban J connectivity index is 0.998. The molecule has 0 fully saturated rings. The lowest BCUT2D eigenvalue weighted by Crippen LogP contribution is -1.95. The van der Waals surface area contributed by atoms with Gasteiger partial charge in [-0.3, -0.25) is 15.0 Å². The molecule has 3 heteroatoms. The van der Waals surface area contributed by atoms with Gasteiger partial charge >= 0.3 is 0 Å². The third-order valence-electron chi connectivity index (χ3n) is 11.6. The van der Waals surface area contributed by atoms with Gasteiger partial charge in [-0.05, 0) is 122 Å². The lowest BCUT2D eigenvalue weighted by Gasteiger charge is -2.17. The highest BCUT2D eigenvalue weighted by molar-refractivity contribution is 5.90. The highest BCUT2D eigenvalue weighted by Gasteiger charge is 2.15. The molecule has 0 radical (unpaired) electrons. The van der Waals surface area contributed by atoms with Crippen molar-refractivity contribution >= 4 is 0 Å². The summed E-state index contributed by atoms with van der Waals surface area (Å²) in [5, 5.41) is 0. The van der Waals surface area contributed by atoms with Gasteiger partial charge in [0, 0.05) is 35.3 Å². The summed E-state index contributed by atoms with van der Waals surface area (Å²) in [6, 6.07) is 78.0. The fraction of sp³-hybridized carbons (Fsp3) is 0.0339. The zero-order valence-electron chi connectivity index (χ0n) is 34.3. The van der Waals surface area contributed by atoms with E-state index in [1.165, 1.54) is 66.8 Å². The van der Waals surface area contributed by atoms with Gasteiger partial charge in [-0.1, -0.05) is 176 Å². The summed E-state index contributed by atoms with van der Waals surface area (Å²) in [5.41, 5.74) is 20.7. The van der Waals surface area contributed by atoms with E-state index in [0.29, 0.717) is 0 Å². The fourth-order valence-electron chi connectivity index (χ4n) is 8.36. The monoisotopic (exact) mass is 793 g/mol. The second-order valence-electron chi connectivity index (χ2n) is 15.6. The Morgan fingerprint density at radius 1 is 0.226 bits per heavy atom. The number of hydrogen-bond acceptors (Lipinski definition) is 3. The summed E-state index contributed by atoms with van der Waals surface area (Å²) in [4.78, 5) is 13.9. The van der Waals surface area contributed by atoms with E-state index in [4.69, 9.17) is 4.98 Å². The molecule has 10 rings (SSSR count). The Labute approximate surface area is 363 Å². The maximum Gasteiger partial charge on any atom is 0.0708 e. The van der Waals surface area contributed by atoms with Gasteiger partial charge in [0.1, 0.15) is 0 Å². The molecule has 3 aromatic heterocycles. The van der Waals surface area contributed by atoms with Crippen molar-refractivity contribution in [2.75, 3.05) is 0 Å². The molecular weight excluding hydrogens is 751 g/mol. The van der Waals surface area contributed by atoms with Crippen molar-refractivity contribution in [1.82, 2.24) is 15.0 Å². The minimum Gasteiger partial charge on any atom is -0.256 e. The van der Waals surface area contributed by atoms with Crippen LogP contribution in [-0.2, 0) is 12.8 Å². The van der Waals surface area contributed by atoms with E-state index >= 15 is 0 Å². The number of aryl methyl sites for hydroxylation is 2. The molecule has 0 aliphatic carbocycles. The van der Waals surface area contributed by atoms with Gasteiger partial charge in [-0.2, -0.15) is 0 Å². The largest absolute Gasteiger partial charge is 0.256 e. The molecule has 0 bridgehead atoms. The zero-order chi connectivity index (χ0) is 41.5. The summed E-state index contributed by atoms with van der Waals surface area (Å²) in [6.45, 7) is 0. The number of hydrogen-bond donors (Lipinski definition) is 0. The van der Waals surface area contributed by atoms with Gasteiger partial charge in [-0.25, -0.2) is 0 Å². The molecule has 0 saturated carbocycles. The van der Waals surface area contributed by atoms with Crippen LogP contribution in [0.3, 0.4) is 0 Å². The number of aromatic nitrogens is 3. The van der Waals surface area contributed by atoms with Crippen molar-refractivity contribution in [3.05, 3.63) is 248 Å². The molecular formula is C59H43N3. The molecule has 7 aromatic carbocycles. The predicted octanol–water partition coefficient (Wildman–Crippen LogP) is 15.0. The fourth-order valence-corrected chi connectivity index (χ4v) is 8.36. The Morgan fingerprint density at radius 2 is 0.645 bits per heavy atom. The van der Waals surface area contributed by atoms with Crippen molar-refractivity contribution < 1.29 is 0 Å². The molecule has 294 valence electrons. The SMILES string of the molecule is c1ccc(-c2ccnc(-c3ccc(CCc4cc(-c5ccccc5-c5ccc(-c6ccccn6)cc5)cc(-c5ccccc5-c5ccc(-c6ccccn6)cc5)c4)cc3)c2)cc1. The molecule has 0 spiro atoms. The number of nitrogens with zero attached hydrogens (tertiary/aromatic N) is 3. The van der Waals surface area contributed by atoms with Gasteiger partial charge in [0.05, 0.1) is 17.1 Å². The van der Waals surface area contributed by atoms with E-state index < -0.39 is 0 Å². The van der Waals surface area contributed by atoms with Crippen LogP contribution >= 0.6 is 0 Å². The second-order valence-corrected chi connectivity index (χ2v) is 15.6. The highest BCUT2D eigenvalue weighted by atomic mass is 14.7. The molecule has 0 aliphatic rings. The van der Waals surface area contributed by atoms with Gasteiger partial charge in [0.2, 0.25) is 0 Å². The van der Waals surface area contributed by atoms with Crippen molar-refractivity contribution in [1.29, 1.82) is 0 Å². The predicted molar refractivity (Wildman–Crippen MR) is 257 cm³/mol. The third-order valence-corrected chi connectivity index (χ3v) is 11.6. The molecule has 62 heavy (non-hydrogen) atoms. The first-order chi connectivity index (χ1) is 30.7. The topological polar surface area (TPSA) is 38.7 Å². The number of rotatable bonds is 11. The summed E-state index contributed by atoms with van der Waals surface area (Å²) in [5.74, 6) is 0. The van der Waals surface area contributed by atoms with Crippen LogP contribution in [0.15, 0.2) is 237 Å². The van der Waals surface area contributed by atoms with E-state index in [1.54, 1.807) is 0 Å². The van der Waals surface area contributed by atoms with E-state index in [-0.39, 0.29) is 0 Å². The molecule has 0 amide bonds. The first kappa shape index (κ1) is 38.2. The van der Waals surface area contributed by atoms with Crippen LogP contribution in [0, 0.1) is 0 Å². The second kappa shape index (κ2) is 17.7. The van der Waals surface area contributed by atoms with Crippen molar-refractivity contribution in [3.63, 3.8) is 0 Å². The van der Waals surface area contributed by atoms with E-state index in [1.807, 2.05) is 48.9 Å². The lowest BCUT2D eigenvalue weighted by molar-refractivity contribution is 0.961. The van der Waals surface area contributed by atoms with Crippen LogP contribution in [0.1, 0.15) is 11.1 Å². The average molecular weight is 794 g/mol. The van der Waals surface area contributed by atoms with E-state index in [9.17, 15) is 0 Å². The van der Waals surface area contributed by atoms with Gasteiger partial charge in [0.25, 0.3) is 0 Å². The van der Waals surface area contributed by atoms with Crippen molar-refractivity contribution in [2.24, 2.45) is 0 Å². The van der Waals surface area contributed by atoms with Gasteiger partial charge < -0.3 is 0 Å². The summed E-state index contributed by atoms with van der Waals surface area (Å²) in [6.07, 6.45) is 7.40. The summed E-state index contributed by atoms with van der Waals surface area (Å²) >= 11 is 0. The molecule has 3 heterocycles. The van der Waals surface area contributed by atoms with Crippen LogP contribution in [0.4, 0.5) is 0 Å². The van der Waals surface area contributed by atoms with E-state index in [2.05, 4.69) is 198 Å². The van der Waals surface area contributed by atoms with Crippen molar-refractivity contribution in [2.45, 2.75) is 12.8 Å². The summed E-state index contributed by atoms with van der Waals surface area (Å²) < 4.78 is 0. The number of benzene rings is 7. The van der Waals surface area contributed by atoms with Crippen LogP contribution in [-0.4, -0.2) is 15.0 Å². The van der Waals surface area contributed by atoms with Crippen LogP contribution in [0.2, 0.25) is 0 Å². The average Bonchev–Trinajstić information content (AvgIpc) is 3.37. The smallest absolute Gasteiger partial charge is 0.0708 e. The maximum absolute atomic E-state index is 4.72. The first-order valence-electron chi connectivity index (χ1n) is 21.2. The van der Waals surface area contributed by atoms with Crippen LogP contribution in [0.25, 0.3) is 89.4 Å². The Bertz CT molecular complexity index is 2920. The molecule has 10 aromatic rings.